The number of ether oxygens (including phenoxy) is 2. The lowest BCUT2D eigenvalue weighted by Gasteiger charge is -2.57. The van der Waals surface area contributed by atoms with Crippen molar-refractivity contribution in [2.45, 2.75) is 71.8 Å². The van der Waals surface area contributed by atoms with E-state index < -0.39 is 29.8 Å². The Morgan fingerprint density at radius 3 is 2.45 bits per heavy atom. The van der Waals surface area contributed by atoms with Crippen LogP contribution < -0.4 is 0 Å². The minimum Gasteiger partial charge on any atom is -0.508 e. The summed E-state index contributed by atoms with van der Waals surface area (Å²) in [6.45, 7) is 8.15. The fourth-order valence-corrected chi connectivity index (χ4v) is 6.78. The third kappa shape index (κ3) is 3.85. The third-order valence-electron chi connectivity index (χ3n) is 8.02. The van der Waals surface area contributed by atoms with Crippen LogP contribution in [-0.2, 0) is 25.5 Å². The number of phenolic OH excluding ortho intramolecular Hbond substituents is 1. The van der Waals surface area contributed by atoms with E-state index in [9.17, 15) is 19.8 Å². The topological polar surface area (TPSA) is 96.3 Å². The number of amides is 1. The average Bonchev–Trinajstić information content (AvgIpc) is 2.98. The largest absolute Gasteiger partial charge is 0.508 e. The summed E-state index contributed by atoms with van der Waals surface area (Å²) in [4.78, 5) is 27.4. The average molecular weight is 458 g/mol. The molecule has 1 amide bonds. The zero-order valence-electron chi connectivity index (χ0n) is 20.1. The van der Waals surface area contributed by atoms with Crippen LogP contribution in [0.3, 0.4) is 0 Å². The molecule has 1 aromatic carbocycles. The summed E-state index contributed by atoms with van der Waals surface area (Å²) in [5.41, 5.74) is 1.43. The molecule has 1 heterocycles. The normalized spacial score (nSPS) is 33.0. The standard InChI is InChI=1S/C26H35NO6/c1-15(28)33-21-20(32-5)18-19(26(4)13-6-12-25(2,3)22(21)26)24(31)27(23(18)30)14-11-16-7-9-17(29)10-8-16/h7-10,20-23,29-30H,6,11-14H2,1-5H3/t20-,21+,22-,23+,26+/m0/s1. The summed E-state index contributed by atoms with van der Waals surface area (Å²) in [7, 11) is 1.54. The number of esters is 1. The molecule has 1 aromatic rings. The SMILES string of the molecule is CO[C@H]1C2=C(C(=O)N(CCc3ccc(O)cc3)[C@@H]2O)[C@@]2(C)CCCC(C)(C)[C@@H]2[C@@H]1OC(C)=O. The van der Waals surface area contributed by atoms with Crippen molar-refractivity contribution in [3.8, 4) is 5.75 Å². The second kappa shape index (κ2) is 8.44. The van der Waals surface area contributed by atoms with Gasteiger partial charge < -0.3 is 24.6 Å². The smallest absolute Gasteiger partial charge is 0.303 e. The highest BCUT2D eigenvalue weighted by atomic mass is 16.6. The highest BCUT2D eigenvalue weighted by molar-refractivity contribution is 5.99. The van der Waals surface area contributed by atoms with Crippen molar-refractivity contribution in [1.82, 2.24) is 4.90 Å². The monoisotopic (exact) mass is 457 g/mol. The van der Waals surface area contributed by atoms with Crippen LogP contribution in [0.4, 0.5) is 0 Å². The van der Waals surface area contributed by atoms with Crippen molar-refractivity contribution in [1.29, 1.82) is 0 Å². The Bertz CT molecular complexity index is 967. The summed E-state index contributed by atoms with van der Waals surface area (Å²) in [5, 5.41) is 20.9. The number of aromatic hydroxyl groups is 1. The van der Waals surface area contributed by atoms with Gasteiger partial charge in [-0.15, -0.1) is 0 Å². The molecular weight excluding hydrogens is 422 g/mol. The van der Waals surface area contributed by atoms with Crippen LogP contribution >= 0.6 is 0 Å². The first-order chi connectivity index (χ1) is 15.5. The Morgan fingerprint density at radius 1 is 1.18 bits per heavy atom. The van der Waals surface area contributed by atoms with E-state index >= 15 is 0 Å². The first kappa shape index (κ1) is 23.8. The van der Waals surface area contributed by atoms with E-state index in [1.54, 1.807) is 19.2 Å². The molecule has 3 aliphatic rings. The predicted octanol–water partition coefficient (Wildman–Crippen LogP) is 3.18. The molecule has 180 valence electrons. The molecule has 0 saturated heterocycles. The van der Waals surface area contributed by atoms with E-state index in [-0.39, 0.29) is 23.0 Å². The van der Waals surface area contributed by atoms with Gasteiger partial charge in [0.25, 0.3) is 5.91 Å². The lowest BCUT2D eigenvalue weighted by molar-refractivity contribution is -0.177. The van der Waals surface area contributed by atoms with Gasteiger partial charge in [0.05, 0.1) is 0 Å². The van der Waals surface area contributed by atoms with Crippen molar-refractivity contribution in [2.75, 3.05) is 13.7 Å². The fraction of sp³-hybridized carbons (Fsp3) is 0.615. The van der Waals surface area contributed by atoms with Gasteiger partial charge in [-0.1, -0.05) is 39.3 Å². The number of benzene rings is 1. The van der Waals surface area contributed by atoms with E-state index in [0.29, 0.717) is 24.1 Å². The first-order valence-corrected chi connectivity index (χ1v) is 11.7. The van der Waals surface area contributed by atoms with Gasteiger partial charge in [0.2, 0.25) is 0 Å². The molecule has 33 heavy (non-hydrogen) atoms. The molecule has 5 atom stereocenters. The van der Waals surface area contributed by atoms with Gasteiger partial charge in [-0.05, 0) is 42.4 Å². The molecule has 4 rings (SSSR count). The Labute approximate surface area is 195 Å². The molecule has 7 heteroatoms. The van der Waals surface area contributed by atoms with E-state index in [1.165, 1.54) is 11.8 Å². The van der Waals surface area contributed by atoms with Crippen LogP contribution in [0.2, 0.25) is 0 Å². The number of hydrogen-bond acceptors (Lipinski definition) is 6. The quantitative estimate of drug-likeness (QED) is 0.660. The Morgan fingerprint density at radius 2 is 1.85 bits per heavy atom. The highest BCUT2D eigenvalue weighted by Crippen LogP contribution is 2.62. The highest BCUT2D eigenvalue weighted by Gasteiger charge is 2.64. The molecule has 0 radical (unpaired) electrons. The van der Waals surface area contributed by atoms with E-state index in [2.05, 4.69) is 20.8 Å². The van der Waals surface area contributed by atoms with E-state index in [1.807, 2.05) is 12.1 Å². The van der Waals surface area contributed by atoms with Crippen molar-refractivity contribution in [3.05, 3.63) is 41.0 Å². The number of carbonyl (C=O) groups is 2. The van der Waals surface area contributed by atoms with Crippen molar-refractivity contribution in [2.24, 2.45) is 16.7 Å². The van der Waals surface area contributed by atoms with Gasteiger partial charge in [-0.25, -0.2) is 0 Å². The molecule has 0 bridgehead atoms. The summed E-state index contributed by atoms with van der Waals surface area (Å²) in [5.74, 6) is -0.478. The molecule has 0 unspecified atom stereocenters. The zero-order chi connectivity index (χ0) is 24.1. The number of aliphatic hydroxyl groups is 1. The number of nitrogens with zero attached hydrogens (tertiary/aromatic N) is 1. The summed E-state index contributed by atoms with van der Waals surface area (Å²) in [6, 6.07) is 6.85. The van der Waals surface area contributed by atoms with Gasteiger partial charge in [-0.3, -0.25) is 9.59 Å². The number of carbonyl (C=O) groups excluding carboxylic acids is 2. The molecule has 1 fully saturated rings. The van der Waals surface area contributed by atoms with Gasteiger partial charge in [0.15, 0.2) is 6.23 Å². The number of aliphatic hydroxyl groups excluding tert-OH is 1. The van der Waals surface area contributed by atoms with Crippen molar-refractivity contribution >= 4 is 11.9 Å². The van der Waals surface area contributed by atoms with Crippen LogP contribution in [0.15, 0.2) is 35.4 Å². The Kier molecular flexibility index (Phi) is 6.08. The molecule has 0 spiro atoms. The minimum absolute atomic E-state index is 0.112. The maximum Gasteiger partial charge on any atom is 0.303 e. The lowest BCUT2D eigenvalue weighted by Crippen LogP contribution is -2.59. The van der Waals surface area contributed by atoms with Crippen LogP contribution in [0, 0.1) is 16.7 Å². The molecule has 2 aliphatic carbocycles. The van der Waals surface area contributed by atoms with E-state index in [0.717, 1.165) is 24.8 Å². The van der Waals surface area contributed by atoms with Crippen LogP contribution in [-0.4, -0.2) is 59.1 Å². The van der Waals surface area contributed by atoms with Crippen LogP contribution in [0.5, 0.6) is 5.75 Å². The minimum atomic E-state index is -1.13. The summed E-state index contributed by atoms with van der Waals surface area (Å²) >= 11 is 0. The third-order valence-corrected chi connectivity index (χ3v) is 8.02. The molecule has 1 aliphatic heterocycles. The van der Waals surface area contributed by atoms with Crippen LogP contribution in [0.1, 0.15) is 52.5 Å². The summed E-state index contributed by atoms with van der Waals surface area (Å²) in [6.07, 6.45) is 0.862. The Balaban J connectivity index is 1.73. The zero-order valence-corrected chi connectivity index (χ0v) is 20.1. The molecular formula is C26H35NO6. The lowest BCUT2D eigenvalue weighted by atomic mass is 9.49. The van der Waals surface area contributed by atoms with Gasteiger partial charge in [0, 0.05) is 43.1 Å². The maximum atomic E-state index is 13.8. The number of methoxy groups -OCH3 is 1. The van der Waals surface area contributed by atoms with Gasteiger partial charge in [0.1, 0.15) is 18.0 Å². The molecule has 7 nitrogen and oxygen atoms in total. The number of phenols is 1. The molecule has 0 aromatic heterocycles. The predicted molar refractivity (Wildman–Crippen MR) is 122 cm³/mol. The second-order valence-electron chi connectivity index (χ2n) is 10.6. The molecule has 1 saturated carbocycles. The van der Waals surface area contributed by atoms with Crippen molar-refractivity contribution in [3.63, 3.8) is 0 Å². The number of fused-ring (bicyclic) bond motifs is 2. The second-order valence-corrected chi connectivity index (χ2v) is 10.6. The molecule has 2 N–H and O–H groups in total. The van der Waals surface area contributed by atoms with Crippen LogP contribution in [0.25, 0.3) is 0 Å². The first-order valence-electron chi connectivity index (χ1n) is 11.7. The number of hydrogen-bond donors (Lipinski definition) is 2. The van der Waals surface area contributed by atoms with Gasteiger partial charge in [-0.2, -0.15) is 0 Å². The number of rotatable bonds is 5. The Hall–Kier alpha value is -2.38. The summed E-state index contributed by atoms with van der Waals surface area (Å²) < 4.78 is 11.7. The van der Waals surface area contributed by atoms with Gasteiger partial charge >= 0.3 is 5.97 Å². The van der Waals surface area contributed by atoms with E-state index in [4.69, 9.17) is 9.47 Å². The fourth-order valence-electron chi connectivity index (χ4n) is 6.78. The maximum absolute atomic E-state index is 13.8. The van der Waals surface area contributed by atoms with Crippen molar-refractivity contribution < 1.29 is 29.3 Å².